The van der Waals surface area contributed by atoms with Crippen molar-refractivity contribution in [2.45, 2.75) is 38.5 Å². The first kappa shape index (κ1) is 34.5. The Kier molecular flexibility index (Phi) is 15.4. The summed E-state index contributed by atoms with van der Waals surface area (Å²) in [6, 6.07) is 36.8. The summed E-state index contributed by atoms with van der Waals surface area (Å²) >= 11 is 0. The van der Waals surface area contributed by atoms with Gasteiger partial charge >= 0.3 is 0 Å². The Balaban J connectivity index is 0.00000271. The summed E-state index contributed by atoms with van der Waals surface area (Å²) in [5.41, 5.74) is 6.03. The lowest BCUT2D eigenvalue weighted by Gasteiger charge is -2.25. The van der Waals surface area contributed by atoms with E-state index in [1.165, 1.54) is 0 Å². The molecule has 0 amide bonds. The van der Waals surface area contributed by atoms with Crippen LogP contribution in [0.25, 0.3) is 18.2 Å². The molecule has 0 aliphatic rings. The number of nitrogens with zero attached hydrogens (tertiary/aromatic N) is 2. The van der Waals surface area contributed by atoms with Crippen molar-refractivity contribution in [3.05, 3.63) is 125 Å². The number of benzene rings is 4. The summed E-state index contributed by atoms with van der Waals surface area (Å²) in [5, 5.41) is 25.2. The largest absolute Gasteiger partial charge is 0.493 e. The highest BCUT2D eigenvalue weighted by molar-refractivity contribution is 5.88. The SMILES string of the molecule is CO.N#C/C(C=O)=C/c1ccc(/C=C/c2ccc(N(c3ccccc3)c3ccccc3)cc2)cc1OCCCCCCCCO. The number of aliphatic hydroxyl groups excluding tert-OH is 2. The molecule has 4 aromatic carbocycles. The first-order chi connectivity index (χ1) is 22.2. The second-order valence-corrected chi connectivity index (χ2v) is 10.3. The lowest BCUT2D eigenvalue weighted by Crippen LogP contribution is -2.09. The van der Waals surface area contributed by atoms with Crippen molar-refractivity contribution in [2.75, 3.05) is 25.2 Å². The average Bonchev–Trinajstić information content (AvgIpc) is 3.10. The third-order valence-electron chi connectivity index (χ3n) is 7.06. The standard InChI is InChI=1S/C38H38N2O3.CH4O/c39-29-33(30-42)27-34-22-19-32(28-38(34)43-26-12-4-2-1-3-11-25-41)18-17-31-20-23-37(24-21-31)40(35-13-7-5-8-14-35)36-15-9-6-10-16-36;1-2/h5-10,13-24,27-28,30,41H,1-4,11-12,25-26H2;2H,1H3/b18-17+,33-27-;. The van der Waals surface area contributed by atoms with E-state index in [-0.39, 0.29) is 12.2 Å². The summed E-state index contributed by atoms with van der Waals surface area (Å²) in [6.45, 7) is 0.805. The lowest BCUT2D eigenvalue weighted by molar-refractivity contribution is -0.104. The van der Waals surface area contributed by atoms with Crippen LogP contribution < -0.4 is 9.64 Å². The number of anilines is 3. The van der Waals surface area contributed by atoms with E-state index < -0.39 is 0 Å². The predicted molar refractivity (Wildman–Crippen MR) is 185 cm³/mol. The molecular weight excluding hydrogens is 560 g/mol. The molecule has 0 spiro atoms. The Morgan fingerprint density at radius 3 is 1.84 bits per heavy atom. The van der Waals surface area contributed by atoms with Crippen molar-refractivity contribution >= 4 is 41.6 Å². The quantitative estimate of drug-likeness (QED) is 0.0438. The maximum atomic E-state index is 11.3. The second-order valence-electron chi connectivity index (χ2n) is 10.3. The molecule has 6 nitrogen and oxygen atoms in total. The number of nitriles is 1. The number of aliphatic hydroxyl groups is 2. The van der Waals surface area contributed by atoms with Gasteiger partial charge in [-0.2, -0.15) is 5.26 Å². The summed E-state index contributed by atoms with van der Waals surface area (Å²) in [6.07, 6.45) is 12.3. The molecule has 4 aromatic rings. The van der Waals surface area contributed by atoms with Crippen LogP contribution in [0.2, 0.25) is 0 Å². The topological polar surface area (TPSA) is 93.8 Å². The van der Waals surface area contributed by atoms with Crippen molar-refractivity contribution in [3.8, 4) is 11.8 Å². The normalized spacial score (nSPS) is 10.9. The molecule has 0 aromatic heterocycles. The molecule has 0 bridgehead atoms. The molecule has 0 aliphatic carbocycles. The van der Waals surface area contributed by atoms with Gasteiger partial charge in [-0.15, -0.1) is 0 Å². The van der Waals surface area contributed by atoms with Crippen LogP contribution in [0.3, 0.4) is 0 Å². The minimum atomic E-state index is 0.0529. The van der Waals surface area contributed by atoms with E-state index in [0.29, 0.717) is 24.2 Å². The summed E-state index contributed by atoms with van der Waals surface area (Å²) in [4.78, 5) is 13.5. The van der Waals surface area contributed by atoms with Crippen LogP contribution in [0.4, 0.5) is 17.1 Å². The molecule has 0 unspecified atom stereocenters. The number of carbonyl (C=O) groups is 1. The molecule has 0 saturated heterocycles. The molecule has 0 fully saturated rings. The Labute approximate surface area is 267 Å². The van der Waals surface area contributed by atoms with Gasteiger partial charge in [-0.1, -0.05) is 98.5 Å². The van der Waals surface area contributed by atoms with Crippen molar-refractivity contribution < 1.29 is 19.7 Å². The van der Waals surface area contributed by atoms with Gasteiger partial charge in [0.05, 0.1) is 12.2 Å². The summed E-state index contributed by atoms with van der Waals surface area (Å²) < 4.78 is 6.12. The van der Waals surface area contributed by atoms with Gasteiger partial charge in [-0.25, -0.2) is 0 Å². The molecule has 0 atom stereocenters. The Morgan fingerprint density at radius 2 is 1.27 bits per heavy atom. The smallest absolute Gasteiger partial charge is 0.160 e. The number of aldehydes is 1. The van der Waals surface area contributed by atoms with Crippen LogP contribution >= 0.6 is 0 Å². The van der Waals surface area contributed by atoms with E-state index in [9.17, 15) is 10.1 Å². The summed E-state index contributed by atoms with van der Waals surface area (Å²) in [5.74, 6) is 0.647. The molecule has 0 radical (unpaired) electrons. The third kappa shape index (κ3) is 11.2. The van der Waals surface area contributed by atoms with Crippen LogP contribution in [0, 0.1) is 11.3 Å². The third-order valence-corrected chi connectivity index (χ3v) is 7.06. The Morgan fingerprint density at radius 1 is 0.733 bits per heavy atom. The Hall–Kier alpha value is -4.96. The van der Waals surface area contributed by atoms with E-state index in [0.717, 1.165) is 73.8 Å². The van der Waals surface area contributed by atoms with Gasteiger partial charge < -0.3 is 19.8 Å². The van der Waals surface area contributed by atoms with Gasteiger partial charge in [-0.05, 0) is 72.5 Å². The van der Waals surface area contributed by atoms with Crippen molar-refractivity contribution in [1.29, 1.82) is 5.26 Å². The zero-order valence-electron chi connectivity index (χ0n) is 25.9. The van der Waals surface area contributed by atoms with Crippen molar-refractivity contribution in [1.82, 2.24) is 0 Å². The number of hydrogen-bond acceptors (Lipinski definition) is 6. The highest BCUT2D eigenvalue weighted by Crippen LogP contribution is 2.34. The first-order valence-electron chi connectivity index (χ1n) is 15.3. The molecule has 0 heterocycles. The van der Waals surface area contributed by atoms with Gasteiger partial charge in [0.1, 0.15) is 11.8 Å². The van der Waals surface area contributed by atoms with Gasteiger partial charge in [-0.3, -0.25) is 4.79 Å². The van der Waals surface area contributed by atoms with Crippen LogP contribution in [0.5, 0.6) is 5.75 Å². The Bertz CT molecular complexity index is 1490. The molecule has 2 N–H and O–H groups in total. The van der Waals surface area contributed by atoms with E-state index in [4.69, 9.17) is 14.9 Å². The summed E-state index contributed by atoms with van der Waals surface area (Å²) in [7, 11) is 1.00. The lowest BCUT2D eigenvalue weighted by atomic mass is 10.1. The van der Waals surface area contributed by atoms with Gasteiger partial charge in [0.2, 0.25) is 0 Å². The highest BCUT2D eigenvalue weighted by atomic mass is 16.5. The minimum absolute atomic E-state index is 0.0529. The molecule has 0 aliphatic heterocycles. The number of allylic oxidation sites excluding steroid dienone is 1. The fraction of sp³-hybridized carbons (Fsp3) is 0.231. The van der Waals surface area contributed by atoms with Crippen LogP contribution in [-0.4, -0.2) is 36.8 Å². The van der Waals surface area contributed by atoms with Crippen molar-refractivity contribution in [2.24, 2.45) is 0 Å². The predicted octanol–water partition coefficient (Wildman–Crippen LogP) is 8.75. The van der Waals surface area contributed by atoms with E-state index >= 15 is 0 Å². The molecule has 45 heavy (non-hydrogen) atoms. The van der Waals surface area contributed by atoms with Crippen LogP contribution in [-0.2, 0) is 4.79 Å². The second kappa shape index (κ2) is 20.1. The molecule has 0 saturated carbocycles. The van der Waals surface area contributed by atoms with E-state index in [1.807, 2.05) is 66.7 Å². The van der Waals surface area contributed by atoms with Gasteiger partial charge in [0.25, 0.3) is 0 Å². The highest BCUT2D eigenvalue weighted by Gasteiger charge is 2.11. The fourth-order valence-corrected chi connectivity index (χ4v) is 4.79. The maximum absolute atomic E-state index is 11.3. The van der Waals surface area contributed by atoms with E-state index in [2.05, 4.69) is 59.5 Å². The average molecular weight is 603 g/mol. The van der Waals surface area contributed by atoms with E-state index in [1.54, 1.807) is 6.08 Å². The van der Waals surface area contributed by atoms with Crippen molar-refractivity contribution in [3.63, 3.8) is 0 Å². The number of hydrogen-bond donors (Lipinski definition) is 2. The molecule has 232 valence electrons. The maximum Gasteiger partial charge on any atom is 0.160 e. The first-order valence-corrected chi connectivity index (χ1v) is 15.3. The zero-order valence-corrected chi connectivity index (χ0v) is 25.9. The van der Waals surface area contributed by atoms with Gasteiger partial charge in [0.15, 0.2) is 6.29 Å². The molecule has 4 rings (SSSR count). The van der Waals surface area contributed by atoms with Gasteiger partial charge in [0, 0.05) is 36.3 Å². The minimum Gasteiger partial charge on any atom is -0.493 e. The zero-order chi connectivity index (χ0) is 32.1. The number of carbonyl (C=O) groups excluding carboxylic acids is 1. The molecule has 6 heteroatoms. The number of ether oxygens (including phenoxy) is 1. The number of unbranched alkanes of at least 4 members (excludes halogenated alkanes) is 5. The fourth-order valence-electron chi connectivity index (χ4n) is 4.79. The van der Waals surface area contributed by atoms with Crippen LogP contribution in [0.1, 0.15) is 55.2 Å². The van der Waals surface area contributed by atoms with Crippen LogP contribution in [0.15, 0.2) is 109 Å². The molecular formula is C39H42N2O4. The monoisotopic (exact) mass is 602 g/mol. The number of para-hydroxylation sites is 2. The number of rotatable bonds is 16.